The Morgan fingerprint density at radius 1 is 1.54 bits per heavy atom. The molecule has 2 aromatic rings. The van der Waals surface area contributed by atoms with Crippen LogP contribution in [0.25, 0.3) is 11.2 Å². The van der Waals surface area contributed by atoms with Crippen molar-refractivity contribution in [2.75, 3.05) is 30.6 Å². The first-order chi connectivity index (χ1) is 11.3. The number of rotatable bonds is 9. The van der Waals surface area contributed by atoms with Gasteiger partial charge in [0.25, 0.3) is 0 Å². The van der Waals surface area contributed by atoms with Crippen LogP contribution in [0.15, 0.2) is 19.0 Å². The van der Waals surface area contributed by atoms with Gasteiger partial charge in [-0.1, -0.05) is 6.08 Å². The van der Waals surface area contributed by atoms with Crippen molar-refractivity contribution in [3.63, 3.8) is 0 Å². The summed E-state index contributed by atoms with van der Waals surface area (Å²) in [6.45, 7) is 3.06. The predicted molar refractivity (Wildman–Crippen MR) is 86.2 cm³/mol. The average molecular weight is 360 g/mol. The van der Waals surface area contributed by atoms with E-state index in [0.29, 0.717) is 23.5 Å². The Hall–Kier alpha value is -2.07. The number of aromatic nitrogens is 4. The van der Waals surface area contributed by atoms with E-state index in [4.69, 9.17) is 20.3 Å². The molecule has 132 valence electrons. The van der Waals surface area contributed by atoms with Crippen LogP contribution >= 0.6 is 7.60 Å². The zero-order valence-corrected chi connectivity index (χ0v) is 13.6. The molecule has 0 aliphatic rings. The molecule has 0 fully saturated rings. The lowest BCUT2D eigenvalue weighted by Crippen LogP contribution is -2.23. The van der Waals surface area contributed by atoms with Crippen LogP contribution in [0, 0.1) is 0 Å². The highest BCUT2D eigenvalue weighted by Gasteiger charge is 2.20. The molecule has 2 heterocycles. The van der Waals surface area contributed by atoms with E-state index in [1.54, 1.807) is 6.08 Å². The van der Waals surface area contributed by atoms with Gasteiger partial charge < -0.3 is 30.1 Å². The summed E-state index contributed by atoms with van der Waals surface area (Å²) < 4.78 is 30.3. The fourth-order valence-corrected chi connectivity index (χ4v) is 2.36. The molecule has 12 heteroatoms. The van der Waals surface area contributed by atoms with Crippen molar-refractivity contribution in [1.29, 1.82) is 0 Å². The quantitative estimate of drug-likeness (QED) is 0.370. The van der Waals surface area contributed by atoms with Gasteiger partial charge in [0, 0.05) is 6.54 Å². The number of hydrogen-bond acceptors (Lipinski definition) is 7. The van der Waals surface area contributed by atoms with Gasteiger partial charge in [-0.3, -0.25) is 4.57 Å². The van der Waals surface area contributed by atoms with Gasteiger partial charge in [-0.25, -0.2) is 9.37 Å². The zero-order chi connectivity index (χ0) is 17.7. The standard InChI is InChI=1S/C12H18FN6O4P/c1-2-3-15-10-9-11(18-12(14)17-10)19(6-16-9)5-8(4-13)23-7-24(20,21)22/h2,6,8H,1,3-5,7H2,(H2,20,21,22)(H3,14,15,17,18)/t8-/m0/s1. The molecule has 0 aromatic carbocycles. The van der Waals surface area contributed by atoms with Gasteiger partial charge in [0.2, 0.25) is 5.95 Å². The second-order valence-corrected chi connectivity index (χ2v) is 6.49. The molecule has 0 amide bonds. The summed E-state index contributed by atoms with van der Waals surface area (Å²) in [7, 11) is -4.38. The molecule has 0 bridgehead atoms. The number of fused-ring (bicyclic) bond motifs is 1. The Kier molecular flexibility index (Phi) is 5.84. The number of imidazole rings is 1. The monoisotopic (exact) mass is 360 g/mol. The first-order valence-electron chi connectivity index (χ1n) is 6.89. The van der Waals surface area contributed by atoms with E-state index in [0.717, 1.165) is 0 Å². The Balaban J connectivity index is 2.24. The van der Waals surface area contributed by atoms with Crippen LogP contribution in [0.3, 0.4) is 0 Å². The fraction of sp³-hybridized carbons (Fsp3) is 0.417. The Morgan fingerprint density at radius 2 is 2.29 bits per heavy atom. The molecule has 1 atom stereocenters. The van der Waals surface area contributed by atoms with Crippen molar-refractivity contribution in [1.82, 2.24) is 19.5 Å². The van der Waals surface area contributed by atoms with E-state index in [2.05, 4.69) is 26.8 Å². The van der Waals surface area contributed by atoms with Crippen LogP contribution in [0.5, 0.6) is 0 Å². The van der Waals surface area contributed by atoms with Crippen LogP contribution < -0.4 is 11.1 Å². The lowest BCUT2D eigenvalue weighted by molar-refractivity contribution is 0.0445. The first-order valence-corrected chi connectivity index (χ1v) is 8.69. The number of nitrogens with one attached hydrogen (secondary N) is 1. The maximum Gasteiger partial charge on any atom is 0.350 e. The third-order valence-electron chi connectivity index (χ3n) is 2.95. The minimum Gasteiger partial charge on any atom is -0.368 e. The Bertz CT molecular complexity index is 763. The lowest BCUT2D eigenvalue weighted by Gasteiger charge is -2.16. The molecule has 24 heavy (non-hydrogen) atoms. The summed E-state index contributed by atoms with van der Waals surface area (Å²) in [4.78, 5) is 29.9. The minimum absolute atomic E-state index is 0.00347. The molecule has 0 aliphatic heterocycles. The van der Waals surface area contributed by atoms with Crippen LogP contribution in [-0.2, 0) is 15.8 Å². The van der Waals surface area contributed by atoms with E-state index in [-0.39, 0.29) is 12.5 Å². The molecule has 0 saturated carbocycles. The average Bonchev–Trinajstić information content (AvgIpc) is 2.90. The van der Waals surface area contributed by atoms with Crippen molar-refractivity contribution in [2.24, 2.45) is 0 Å². The highest BCUT2D eigenvalue weighted by atomic mass is 31.2. The van der Waals surface area contributed by atoms with E-state index in [9.17, 15) is 8.96 Å². The van der Waals surface area contributed by atoms with Crippen LogP contribution in [-0.4, -0.2) is 55.0 Å². The number of hydrogen-bond donors (Lipinski definition) is 4. The molecular weight excluding hydrogens is 342 g/mol. The summed E-state index contributed by atoms with van der Waals surface area (Å²) in [5.41, 5.74) is 6.45. The molecule has 5 N–H and O–H groups in total. The van der Waals surface area contributed by atoms with Crippen molar-refractivity contribution in [3.05, 3.63) is 19.0 Å². The van der Waals surface area contributed by atoms with E-state index in [1.807, 2.05) is 0 Å². The Labute approximate surface area is 136 Å². The highest BCUT2D eigenvalue weighted by molar-refractivity contribution is 7.51. The van der Waals surface area contributed by atoms with Gasteiger partial charge in [0.15, 0.2) is 17.0 Å². The van der Waals surface area contributed by atoms with Crippen LogP contribution in [0.4, 0.5) is 16.2 Å². The van der Waals surface area contributed by atoms with Crippen molar-refractivity contribution in [3.8, 4) is 0 Å². The third-order valence-corrected chi connectivity index (χ3v) is 3.43. The van der Waals surface area contributed by atoms with Crippen LogP contribution in [0.1, 0.15) is 0 Å². The summed E-state index contributed by atoms with van der Waals surface area (Å²) in [6, 6.07) is 0. The molecule has 0 saturated heterocycles. The van der Waals surface area contributed by atoms with Gasteiger partial charge in [-0.05, 0) is 0 Å². The molecule has 0 unspecified atom stereocenters. The van der Waals surface area contributed by atoms with Gasteiger partial charge in [0.1, 0.15) is 19.1 Å². The molecule has 0 aliphatic carbocycles. The maximum atomic E-state index is 13.1. The van der Waals surface area contributed by atoms with Crippen molar-refractivity contribution < 1.29 is 23.5 Å². The maximum absolute atomic E-state index is 13.1. The molecular formula is C12H18FN6O4P. The predicted octanol–water partition coefficient (Wildman–Crippen LogP) is 0.496. The molecule has 0 radical (unpaired) electrons. The second-order valence-electron chi connectivity index (χ2n) is 4.91. The minimum atomic E-state index is -4.38. The zero-order valence-electron chi connectivity index (χ0n) is 12.7. The number of anilines is 2. The second kappa shape index (κ2) is 7.67. The number of nitrogens with two attached hydrogens (primary N) is 1. The smallest absolute Gasteiger partial charge is 0.350 e. The summed E-state index contributed by atoms with van der Waals surface area (Å²) >= 11 is 0. The third kappa shape index (κ3) is 4.71. The van der Waals surface area contributed by atoms with E-state index >= 15 is 0 Å². The summed E-state index contributed by atoms with van der Waals surface area (Å²) in [5, 5.41) is 2.97. The van der Waals surface area contributed by atoms with E-state index < -0.39 is 26.7 Å². The number of nitrogens with zero attached hydrogens (tertiary/aromatic N) is 4. The van der Waals surface area contributed by atoms with Gasteiger partial charge in [-0.2, -0.15) is 9.97 Å². The Morgan fingerprint density at radius 3 is 2.92 bits per heavy atom. The SMILES string of the molecule is C=CCNc1nc(N)nc2c1ncn2C[C@H](CF)OCP(=O)(O)O. The van der Waals surface area contributed by atoms with Gasteiger partial charge in [0.05, 0.1) is 12.9 Å². The number of ether oxygens (including phenoxy) is 1. The van der Waals surface area contributed by atoms with E-state index in [1.165, 1.54) is 10.9 Å². The molecule has 10 nitrogen and oxygen atoms in total. The summed E-state index contributed by atoms with van der Waals surface area (Å²) in [5.74, 6) is 0.410. The summed E-state index contributed by atoms with van der Waals surface area (Å²) in [6.07, 6.45) is 1.12. The molecule has 0 spiro atoms. The highest BCUT2D eigenvalue weighted by Crippen LogP contribution is 2.34. The lowest BCUT2D eigenvalue weighted by atomic mass is 10.4. The van der Waals surface area contributed by atoms with Crippen LogP contribution in [0.2, 0.25) is 0 Å². The normalized spacial score (nSPS) is 13.1. The van der Waals surface area contributed by atoms with Crippen molar-refractivity contribution >= 4 is 30.5 Å². The van der Waals surface area contributed by atoms with Crippen molar-refractivity contribution in [2.45, 2.75) is 12.6 Å². The topological polar surface area (TPSA) is 148 Å². The van der Waals surface area contributed by atoms with Gasteiger partial charge in [-0.15, -0.1) is 6.58 Å². The van der Waals surface area contributed by atoms with Gasteiger partial charge >= 0.3 is 7.60 Å². The first kappa shape index (κ1) is 18.3. The number of alkyl halides is 1. The fourth-order valence-electron chi connectivity index (χ4n) is 1.95. The number of halogens is 1. The largest absolute Gasteiger partial charge is 0.368 e. The molecule has 2 aromatic heterocycles. The molecule has 2 rings (SSSR count). The number of nitrogen functional groups attached to an aromatic ring is 1.